The van der Waals surface area contributed by atoms with E-state index >= 15 is 0 Å². The van der Waals surface area contributed by atoms with Gasteiger partial charge in [0.25, 0.3) is 0 Å². The molecule has 0 radical (unpaired) electrons. The molecule has 1 atom stereocenters. The molecule has 2 heterocycles. The van der Waals surface area contributed by atoms with Gasteiger partial charge in [-0.2, -0.15) is 0 Å². The summed E-state index contributed by atoms with van der Waals surface area (Å²) in [7, 11) is 0. The Hall–Kier alpha value is -3.48. The number of amides is 2. The molecule has 0 bridgehead atoms. The molecule has 0 saturated carbocycles. The maximum absolute atomic E-state index is 13.1. The zero-order valence-electron chi connectivity index (χ0n) is 16.8. The van der Waals surface area contributed by atoms with Gasteiger partial charge < -0.3 is 10.1 Å². The van der Waals surface area contributed by atoms with Crippen LogP contribution in [-0.4, -0.2) is 42.0 Å². The maximum atomic E-state index is 13.1. The van der Waals surface area contributed by atoms with E-state index in [4.69, 9.17) is 4.74 Å². The van der Waals surface area contributed by atoms with Gasteiger partial charge in [-0.25, -0.2) is 4.79 Å². The lowest BCUT2D eigenvalue weighted by molar-refractivity contribution is -0.119. The third-order valence-electron chi connectivity index (χ3n) is 5.33. The number of carbonyl (C=O) groups excluding carboxylic acids is 3. The lowest BCUT2D eigenvalue weighted by Crippen LogP contribution is -2.33. The average Bonchev–Trinajstić information content (AvgIpc) is 3.04. The first-order valence-electron chi connectivity index (χ1n) is 10.0. The molecule has 7 nitrogen and oxygen atoms in total. The Morgan fingerprint density at radius 1 is 1.23 bits per heavy atom. The number of allylic oxidation sites excluding steroid dienone is 1. The first-order chi connectivity index (χ1) is 14.5. The number of rotatable bonds is 4. The van der Waals surface area contributed by atoms with Gasteiger partial charge in [-0.1, -0.05) is 0 Å². The van der Waals surface area contributed by atoms with Gasteiger partial charge in [0.05, 0.1) is 13.1 Å². The van der Waals surface area contributed by atoms with Crippen LogP contribution in [0.1, 0.15) is 41.3 Å². The molecule has 1 unspecified atom stereocenters. The maximum Gasteiger partial charge on any atom is 0.414 e. The molecule has 0 spiro atoms. The summed E-state index contributed by atoms with van der Waals surface area (Å²) in [6.07, 6.45) is 6.84. The highest BCUT2D eigenvalue weighted by Crippen LogP contribution is 2.30. The van der Waals surface area contributed by atoms with Gasteiger partial charge in [0, 0.05) is 36.1 Å². The van der Waals surface area contributed by atoms with Gasteiger partial charge in [0.15, 0.2) is 5.78 Å². The van der Waals surface area contributed by atoms with Crippen LogP contribution in [0.3, 0.4) is 0 Å². The van der Waals surface area contributed by atoms with Crippen LogP contribution in [0.4, 0.5) is 10.5 Å². The molecule has 4 rings (SSSR count). The van der Waals surface area contributed by atoms with Crippen LogP contribution in [0.25, 0.3) is 6.08 Å². The van der Waals surface area contributed by atoms with E-state index in [1.807, 2.05) is 24.3 Å². The summed E-state index contributed by atoms with van der Waals surface area (Å²) in [5.41, 5.74) is 4.06. The Kier molecular flexibility index (Phi) is 5.61. The summed E-state index contributed by atoms with van der Waals surface area (Å²) in [5, 5.41) is 2.67. The number of aryl methyl sites for hydroxylation is 1. The Balaban J connectivity index is 1.55. The number of anilines is 1. The number of cyclic esters (lactones) is 1. The van der Waals surface area contributed by atoms with Crippen LogP contribution in [0, 0.1) is 0 Å². The number of hydrogen-bond acceptors (Lipinski definition) is 5. The number of ether oxygens (including phenoxy) is 1. The number of ketones is 1. The molecular weight excluding hydrogens is 382 g/mol. The predicted molar refractivity (Wildman–Crippen MR) is 112 cm³/mol. The Labute approximate surface area is 174 Å². The second-order valence-corrected chi connectivity index (χ2v) is 7.53. The normalized spacial score (nSPS) is 20.0. The van der Waals surface area contributed by atoms with Crippen LogP contribution in [-0.2, 0) is 16.0 Å². The molecule has 30 heavy (non-hydrogen) atoms. The molecule has 1 N–H and O–H groups in total. The van der Waals surface area contributed by atoms with Crippen molar-refractivity contribution in [1.82, 2.24) is 10.3 Å². The molecule has 1 aliphatic heterocycles. The van der Waals surface area contributed by atoms with Crippen LogP contribution in [0.2, 0.25) is 0 Å². The first kappa shape index (κ1) is 19.8. The number of Topliss-reactive ketones (excluding diaryl/α,β-unsaturated/α-hetero) is 1. The van der Waals surface area contributed by atoms with E-state index < -0.39 is 12.2 Å². The van der Waals surface area contributed by atoms with E-state index in [-0.39, 0.29) is 18.2 Å². The van der Waals surface area contributed by atoms with Crippen LogP contribution >= 0.6 is 0 Å². The minimum absolute atomic E-state index is 0.0263. The highest BCUT2D eigenvalue weighted by molar-refractivity contribution is 6.12. The number of nitrogens with one attached hydrogen (secondary N) is 1. The minimum atomic E-state index is -0.441. The van der Waals surface area contributed by atoms with Crippen molar-refractivity contribution in [2.75, 3.05) is 18.0 Å². The number of pyridine rings is 1. The summed E-state index contributed by atoms with van der Waals surface area (Å²) < 4.78 is 5.34. The number of carbonyl (C=O) groups is 3. The molecule has 1 fully saturated rings. The molecule has 1 aromatic carbocycles. The molecule has 154 valence electrons. The monoisotopic (exact) mass is 405 g/mol. The third-order valence-corrected chi connectivity index (χ3v) is 5.33. The van der Waals surface area contributed by atoms with Crippen molar-refractivity contribution in [1.29, 1.82) is 0 Å². The summed E-state index contributed by atoms with van der Waals surface area (Å²) in [6, 6.07) is 9.25. The topological polar surface area (TPSA) is 88.6 Å². The fourth-order valence-electron chi connectivity index (χ4n) is 3.83. The fraction of sp³-hybridized carbons (Fsp3) is 0.304. The van der Waals surface area contributed by atoms with Crippen molar-refractivity contribution in [3.63, 3.8) is 0 Å². The number of benzene rings is 1. The summed E-state index contributed by atoms with van der Waals surface area (Å²) in [6.45, 7) is 2.07. The van der Waals surface area contributed by atoms with Crippen molar-refractivity contribution in [3.8, 4) is 0 Å². The van der Waals surface area contributed by atoms with E-state index in [0.717, 1.165) is 29.5 Å². The third kappa shape index (κ3) is 4.25. The van der Waals surface area contributed by atoms with Crippen molar-refractivity contribution in [3.05, 3.63) is 65.0 Å². The quantitative estimate of drug-likeness (QED) is 0.624. The largest absolute Gasteiger partial charge is 0.442 e. The second kappa shape index (κ2) is 8.49. The standard InChI is InChI=1S/C23H23N3O4/c1-15(27)25-13-20-14-26(23(29)30-20)19-5-6-21-17(12-19)3-2-4-18(22(21)28)11-16-7-9-24-10-8-16/h5-12,20H,2-4,13-14H2,1H3,(H,25,27)/b18-11-. The smallest absolute Gasteiger partial charge is 0.414 e. The molecule has 7 heteroatoms. The van der Waals surface area contributed by atoms with E-state index in [1.165, 1.54) is 6.92 Å². The molecular formula is C23H23N3O4. The van der Waals surface area contributed by atoms with Crippen LogP contribution in [0.15, 0.2) is 48.3 Å². The van der Waals surface area contributed by atoms with Crippen LogP contribution in [0.5, 0.6) is 0 Å². The van der Waals surface area contributed by atoms with Gasteiger partial charge in [0.1, 0.15) is 6.10 Å². The zero-order valence-corrected chi connectivity index (χ0v) is 16.8. The SMILES string of the molecule is CC(=O)NCC1CN(c2ccc3c(c2)CCC/C(=C/c2ccncc2)C3=O)C(=O)O1. The van der Waals surface area contributed by atoms with Crippen molar-refractivity contribution in [2.24, 2.45) is 0 Å². The molecule has 2 amide bonds. The first-order valence-corrected chi connectivity index (χ1v) is 10.0. The highest BCUT2D eigenvalue weighted by Gasteiger charge is 2.33. The molecule has 2 aromatic rings. The summed E-state index contributed by atoms with van der Waals surface area (Å²) >= 11 is 0. The number of fused-ring (bicyclic) bond motifs is 1. The molecule has 2 aliphatic rings. The van der Waals surface area contributed by atoms with E-state index in [9.17, 15) is 14.4 Å². The lowest BCUT2D eigenvalue weighted by Gasteiger charge is -2.15. The highest BCUT2D eigenvalue weighted by atomic mass is 16.6. The summed E-state index contributed by atoms with van der Waals surface area (Å²) in [4.78, 5) is 42.1. The van der Waals surface area contributed by atoms with Gasteiger partial charge in [0.2, 0.25) is 5.91 Å². The number of aromatic nitrogens is 1. The van der Waals surface area contributed by atoms with Gasteiger partial charge in [-0.15, -0.1) is 0 Å². The lowest BCUT2D eigenvalue weighted by atomic mass is 9.98. The zero-order chi connectivity index (χ0) is 21.1. The van der Waals surface area contributed by atoms with Gasteiger partial charge in [-0.05, 0) is 66.8 Å². The average molecular weight is 405 g/mol. The van der Waals surface area contributed by atoms with E-state index in [0.29, 0.717) is 24.2 Å². The summed E-state index contributed by atoms with van der Waals surface area (Å²) in [5.74, 6) is -0.137. The van der Waals surface area contributed by atoms with E-state index in [2.05, 4.69) is 10.3 Å². The fourth-order valence-corrected chi connectivity index (χ4v) is 3.83. The van der Waals surface area contributed by atoms with Crippen molar-refractivity contribution in [2.45, 2.75) is 32.3 Å². The molecule has 1 aromatic heterocycles. The molecule has 1 aliphatic carbocycles. The molecule has 1 saturated heterocycles. The Morgan fingerprint density at radius 2 is 2.03 bits per heavy atom. The minimum Gasteiger partial charge on any atom is -0.442 e. The van der Waals surface area contributed by atoms with Crippen LogP contribution < -0.4 is 10.2 Å². The van der Waals surface area contributed by atoms with Crippen molar-refractivity contribution >= 4 is 29.5 Å². The van der Waals surface area contributed by atoms with E-state index in [1.54, 1.807) is 29.4 Å². The van der Waals surface area contributed by atoms with Gasteiger partial charge >= 0.3 is 6.09 Å². The van der Waals surface area contributed by atoms with Gasteiger partial charge in [-0.3, -0.25) is 19.5 Å². The number of hydrogen-bond donors (Lipinski definition) is 1. The number of nitrogens with zero attached hydrogens (tertiary/aromatic N) is 2. The predicted octanol–water partition coefficient (Wildman–Crippen LogP) is 3.15. The Morgan fingerprint density at radius 3 is 2.80 bits per heavy atom. The van der Waals surface area contributed by atoms with Crippen molar-refractivity contribution < 1.29 is 19.1 Å². The second-order valence-electron chi connectivity index (χ2n) is 7.53. The Bertz CT molecular complexity index is 1020.